The van der Waals surface area contributed by atoms with Gasteiger partial charge in [-0.1, -0.05) is 23.9 Å². The lowest BCUT2D eigenvalue weighted by Crippen LogP contribution is -2.12. The topological polar surface area (TPSA) is 125 Å². The van der Waals surface area contributed by atoms with Crippen molar-refractivity contribution in [3.63, 3.8) is 0 Å². The molecule has 0 saturated carbocycles. The van der Waals surface area contributed by atoms with E-state index < -0.39 is 9.85 Å². The number of benzene rings is 3. The first-order valence-electron chi connectivity index (χ1n) is 8.04. The quantitative estimate of drug-likeness (QED) is 0.280. The Labute approximate surface area is 164 Å². The summed E-state index contributed by atoms with van der Waals surface area (Å²) in [5.74, 6) is 0.228. The number of non-ortho nitro benzene ring substituents is 2. The first-order valence-corrected chi connectivity index (χ1v) is 8.86. The van der Waals surface area contributed by atoms with Crippen LogP contribution in [0.25, 0.3) is 0 Å². The molecule has 0 bridgehead atoms. The van der Waals surface area contributed by atoms with Crippen LogP contribution in [0.2, 0.25) is 0 Å². The fourth-order valence-corrected chi connectivity index (χ4v) is 3.24. The van der Waals surface area contributed by atoms with Crippen LogP contribution in [0.4, 0.5) is 17.1 Å². The molecule has 3 aromatic rings. The highest BCUT2D eigenvalue weighted by atomic mass is 32.2. The number of para-hydroxylation sites is 1. The van der Waals surface area contributed by atoms with Crippen LogP contribution in [0.15, 0.2) is 87.6 Å². The van der Waals surface area contributed by atoms with Gasteiger partial charge in [-0.2, -0.15) is 0 Å². The molecule has 3 aromatic carbocycles. The average molecular weight is 394 g/mol. The number of hydrogen-bond acceptors (Lipinski definition) is 6. The molecular weight excluding hydrogens is 380 g/mol. The molecule has 0 aromatic heterocycles. The summed E-state index contributed by atoms with van der Waals surface area (Å²) < 4.78 is 0. The van der Waals surface area contributed by atoms with Gasteiger partial charge in [0.15, 0.2) is 0 Å². The van der Waals surface area contributed by atoms with E-state index in [-0.39, 0.29) is 17.2 Å². The van der Waals surface area contributed by atoms with E-state index in [0.29, 0.717) is 11.3 Å². The first kappa shape index (κ1) is 19.1. The molecule has 0 heterocycles. The summed E-state index contributed by atoms with van der Waals surface area (Å²) >= 11 is 1.40. The maximum Gasteiger partial charge on any atom is 0.269 e. The van der Waals surface area contributed by atoms with Crippen LogP contribution in [-0.2, 0) is 0 Å². The molecule has 0 radical (unpaired) electrons. The molecule has 8 nitrogen and oxygen atoms in total. The summed E-state index contributed by atoms with van der Waals surface area (Å²) in [6, 6.07) is 19.4. The van der Waals surface area contributed by atoms with Gasteiger partial charge in [-0.15, -0.1) is 0 Å². The molecule has 0 fully saturated rings. The molecule has 0 saturated heterocycles. The van der Waals surface area contributed by atoms with Gasteiger partial charge < -0.3 is 5.73 Å². The molecule has 0 unspecified atom stereocenters. The summed E-state index contributed by atoms with van der Waals surface area (Å²) in [4.78, 5) is 26.7. The summed E-state index contributed by atoms with van der Waals surface area (Å²) in [5.41, 5.74) is 7.26. The second-order valence-electron chi connectivity index (χ2n) is 5.62. The zero-order chi connectivity index (χ0) is 20.1. The second-order valence-corrected chi connectivity index (χ2v) is 6.74. The molecule has 0 atom stereocenters. The summed E-state index contributed by atoms with van der Waals surface area (Å²) in [7, 11) is 0. The molecule has 0 aliphatic heterocycles. The standard InChI is InChI=1S/C19H14N4O4S/c20-19(13-5-7-14(8-6-13)22(24)25)21-17-3-1-2-4-18(17)28-16-11-9-15(10-12-16)23(26)27/h1-12H,(H2,20,21). The van der Waals surface area contributed by atoms with Crippen LogP contribution in [0.5, 0.6) is 0 Å². The number of nitrogens with zero attached hydrogens (tertiary/aromatic N) is 3. The van der Waals surface area contributed by atoms with E-state index >= 15 is 0 Å². The highest BCUT2D eigenvalue weighted by molar-refractivity contribution is 7.99. The number of nitro groups is 2. The first-order chi connectivity index (χ1) is 13.4. The van der Waals surface area contributed by atoms with Crippen molar-refractivity contribution < 1.29 is 9.85 Å². The molecule has 9 heteroatoms. The van der Waals surface area contributed by atoms with Gasteiger partial charge in [0.25, 0.3) is 11.4 Å². The van der Waals surface area contributed by atoms with Gasteiger partial charge in [0, 0.05) is 39.6 Å². The molecule has 28 heavy (non-hydrogen) atoms. The van der Waals surface area contributed by atoms with Gasteiger partial charge in [0.1, 0.15) is 5.84 Å². The van der Waals surface area contributed by atoms with Gasteiger partial charge in [0.05, 0.1) is 15.5 Å². The Balaban J connectivity index is 1.85. The third-order valence-electron chi connectivity index (χ3n) is 3.76. The Kier molecular flexibility index (Phi) is 5.66. The predicted molar refractivity (Wildman–Crippen MR) is 107 cm³/mol. The Hall–Kier alpha value is -3.72. The number of nitrogens with two attached hydrogens (primary N) is 1. The number of amidine groups is 1. The Bertz CT molecular complexity index is 1050. The Morgan fingerprint density at radius 2 is 1.36 bits per heavy atom. The lowest BCUT2D eigenvalue weighted by molar-refractivity contribution is -0.385. The van der Waals surface area contributed by atoms with Crippen molar-refractivity contribution in [1.29, 1.82) is 0 Å². The third kappa shape index (κ3) is 4.51. The highest BCUT2D eigenvalue weighted by Crippen LogP contribution is 2.35. The molecule has 3 rings (SSSR count). The minimum absolute atomic E-state index is 0.0225. The van der Waals surface area contributed by atoms with E-state index in [1.54, 1.807) is 30.3 Å². The van der Waals surface area contributed by atoms with Crippen LogP contribution in [0.3, 0.4) is 0 Å². The SMILES string of the molecule is NC(=Nc1ccccc1Sc1ccc([N+](=O)[O-])cc1)c1ccc([N+](=O)[O-])cc1. The summed E-state index contributed by atoms with van der Waals surface area (Å²) in [6.07, 6.45) is 0. The van der Waals surface area contributed by atoms with Crippen LogP contribution in [0, 0.1) is 20.2 Å². The number of rotatable bonds is 6. The normalized spacial score (nSPS) is 11.2. The number of hydrogen-bond donors (Lipinski definition) is 1. The molecule has 0 aliphatic carbocycles. The number of aliphatic imine (C=N–C) groups is 1. The molecule has 0 amide bonds. The van der Waals surface area contributed by atoms with Crippen molar-refractivity contribution in [2.45, 2.75) is 9.79 Å². The van der Waals surface area contributed by atoms with Gasteiger partial charge in [-0.25, -0.2) is 4.99 Å². The fourth-order valence-electron chi connectivity index (χ4n) is 2.35. The van der Waals surface area contributed by atoms with Crippen LogP contribution in [-0.4, -0.2) is 15.7 Å². The second kappa shape index (κ2) is 8.31. The van der Waals surface area contributed by atoms with E-state index in [9.17, 15) is 20.2 Å². The largest absolute Gasteiger partial charge is 0.383 e. The minimum atomic E-state index is -0.479. The van der Waals surface area contributed by atoms with Gasteiger partial charge >= 0.3 is 0 Å². The van der Waals surface area contributed by atoms with Crippen LogP contribution >= 0.6 is 11.8 Å². The zero-order valence-electron chi connectivity index (χ0n) is 14.4. The molecule has 2 N–H and O–H groups in total. The van der Waals surface area contributed by atoms with Gasteiger partial charge in [0.2, 0.25) is 0 Å². The van der Waals surface area contributed by atoms with E-state index in [1.165, 1.54) is 36.0 Å². The van der Waals surface area contributed by atoms with E-state index in [2.05, 4.69) is 4.99 Å². The van der Waals surface area contributed by atoms with Crippen molar-refractivity contribution in [3.05, 3.63) is 98.6 Å². The molecule has 0 aliphatic rings. The van der Waals surface area contributed by atoms with E-state index in [0.717, 1.165) is 9.79 Å². The van der Waals surface area contributed by atoms with Crippen LogP contribution < -0.4 is 5.73 Å². The average Bonchev–Trinajstić information content (AvgIpc) is 2.70. The highest BCUT2D eigenvalue weighted by Gasteiger charge is 2.09. The van der Waals surface area contributed by atoms with Crippen molar-refractivity contribution in [3.8, 4) is 0 Å². The van der Waals surface area contributed by atoms with Crippen molar-refractivity contribution in [1.82, 2.24) is 0 Å². The number of nitro benzene ring substituents is 2. The van der Waals surface area contributed by atoms with Crippen molar-refractivity contribution in [2.75, 3.05) is 0 Å². The fraction of sp³-hybridized carbons (Fsp3) is 0. The Morgan fingerprint density at radius 1 is 0.821 bits per heavy atom. The zero-order valence-corrected chi connectivity index (χ0v) is 15.2. The predicted octanol–water partition coefficient (Wildman–Crippen LogP) is 4.69. The maximum absolute atomic E-state index is 10.8. The lowest BCUT2D eigenvalue weighted by Gasteiger charge is -2.07. The van der Waals surface area contributed by atoms with E-state index in [4.69, 9.17) is 5.73 Å². The van der Waals surface area contributed by atoms with Gasteiger partial charge in [-0.3, -0.25) is 20.2 Å². The molecule has 140 valence electrons. The lowest BCUT2D eigenvalue weighted by atomic mass is 10.2. The molecular formula is C19H14N4O4S. The Morgan fingerprint density at radius 3 is 1.93 bits per heavy atom. The van der Waals surface area contributed by atoms with Gasteiger partial charge in [-0.05, 0) is 36.4 Å². The monoisotopic (exact) mass is 394 g/mol. The minimum Gasteiger partial charge on any atom is -0.383 e. The molecule has 0 spiro atoms. The smallest absolute Gasteiger partial charge is 0.269 e. The van der Waals surface area contributed by atoms with Crippen LogP contribution in [0.1, 0.15) is 5.56 Å². The van der Waals surface area contributed by atoms with Crippen molar-refractivity contribution in [2.24, 2.45) is 10.7 Å². The summed E-state index contributed by atoms with van der Waals surface area (Å²) in [6.45, 7) is 0. The summed E-state index contributed by atoms with van der Waals surface area (Å²) in [5, 5.41) is 21.5. The van der Waals surface area contributed by atoms with E-state index in [1.807, 2.05) is 18.2 Å². The van der Waals surface area contributed by atoms with Crippen molar-refractivity contribution >= 4 is 34.7 Å². The third-order valence-corrected chi connectivity index (χ3v) is 4.83. The maximum atomic E-state index is 10.8.